The first-order chi connectivity index (χ1) is 21.7. The molecule has 0 bridgehead atoms. The van der Waals surface area contributed by atoms with E-state index in [1.807, 2.05) is 56.3 Å². The molecule has 2 aromatic heterocycles. The van der Waals surface area contributed by atoms with Gasteiger partial charge >= 0.3 is 0 Å². The van der Waals surface area contributed by atoms with Gasteiger partial charge in [0.25, 0.3) is 0 Å². The molecular weight excluding hydrogens is 609 g/mol. The second-order valence-corrected chi connectivity index (χ2v) is 14.7. The molecule has 9 nitrogen and oxygen atoms in total. The summed E-state index contributed by atoms with van der Waals surface area (Å²) in [5.41, 5.74) is 4.32. The lowest BCUT2D eigenvalue weighted by Gasteiger charge is -2.31. The average Bonchev–Trinajstić information content (AvgIpc) is 3.71. The molecule has 0 spiro atoms. The molecule has 3 aromatic carbocycles. The second kappa shape index (κ2) is 13.0. The van der Waals surface area contributed by atoms with Crippen LogP contribution in [0.5, 0.6) is 11.5 Å². The Bertz CT molecular complexity index is 1950. The van der Waals surface area contributed by atoms with Gasteiger partial charge in [0.05, 0.1) is 17.4 Å². The number of tetrazole rings is 1. The smallest absolute Gasteiger partial charge is 0.176 e. The summed E-state index contributed by atoms with van der Waals surface area (Å²) >= 11 is 1.70. The number of nitrogens with zero attached hydrogens (tertiary/aromatic N) is 3. The Balaban J connectivity index is 1.11. The minimum Gasteiger partial charge on any atom is -0.491 e. The predicted molar refractivity (Wildman–Crippen MR) is 175 cm³/mol. The molecule has 6 rings (SSSR count). The maximum Gasteiger partial charge on any atom is 0.176 e. The van der Waals surface area contributed by atoms with Gasteiger partial charge < -0.3 is 14.6 Å². The fraction of sp³-hybridized carbons (Fsp3) is 0.324. The van der Waals surface area contributed by atoms with Gasteiger partial charge in [-0.3, -0.25) is 0 Å². The van der Waals surface area contributed by atoms with Gasteiger partial charge in [-0.25, -0.2) is 8.42 Å². The van der Waals surface area contributed by atoms with E-state index >= 15 is 0 Å². The molecular formula is C34H34N4O5S2. The number of ether oxygens (including phenoxy) is 2. The van der Waals surface area contributed by atoms with Crippen LogP contribution in [0, 0.1) is 18.8 Å². The fourth-order valence-electron chi connectivity index (χ4n) is 5.52. The normalized spacial score (nSPS) is 16.1. The number of aromatic nitrogens is 4. The lowest BCUT2D eigenvalue weighted by molar-refractivity contribution is -0.0128. The van der Waals surface area contributed by atoms with E-state index in [0.717, 1.165) is 39.0 Å². The molecule has 0 radical (unpaired) electrons. The van der Waals surface area contributed by atoms with Gasteiger partial charge in [-0.2, -0.15) is 5.21 Å². The van der Waals surface area contributed by atoms with E-state index in [1.165, 1.54) is 4.70 Å². The number of H-pyrrole nitrogens is 1. The monoisotopic (exact) mass is 642 g/mol. The third-order valence-electron chi connectivity index (χ3n) is 8.17. The van der Waals surface area contributed by atoms with Gasteiger partial charge in [0.15, 0.2) is 15.7 Å². The highest BCUT2D eigenvalue weighted by Gasteiger charge is 2.36. The molecule has 1 aliphatic heterocycles. The minimum atomic E-state index is -3.06. The first kappa shape index (κ1) is 30.8. The average molecular weight is 643 g/mol. The molecule has 1 fully saturated rings. The number of nitrogens with one attached hydrogen (secondary N) is 1. The van der Waals surface area contributed by atoms with Crippen molar-refractivity contribution in [1.82, 2.24) is 20.6 Å². The number of fused-ring (bicyclic) bond motifs is 1. The van der Waals surface area contributed by atoms with E-state index in [9.17, 15) is 13.5 Å². The Labute approximate surface area is 266 Å². The zero-order valence-corrected chi connectivity index (χ0v) is 26.7. The van der Waals surface area contributed by atoms with Crippen molar-refractivity contribution in [2.75, 3.05) is 18.1 Å². The highest BCUT2D eigenvalue weighted by Crippen LogP contribution is 2.38. The summed E-state index contributed by atoms with van der Waals surface area (Å²) in [7, 11) is -3.06. The van der Waals surface area contributed by atoms with Gasteiger partial charge in [-0.1, -0.05) is 35.4 Å². The van der Waals surface area contributed by atoms with Gasteiger partial charge in [-0.05, 0) is 90.7 Å². The van der Waals surface area contributed by atoms with Crippen molar-refractivity contribution in [2.24, 2.45) is 0 Å². The molecule has 0 unspecified atom stereocenters. The van der Waals surface area contributed by atoms with Crippen LogP contribution in [0.4, 0.5) is 0 Å². The first-order valence-electron chi connectivity index (χ1n) is 14.7. The van der Waals surface area contributed by atoms with Crippen LogP contribution < -0.4 is 9.47 Å². The molecule has 45 heavy (non-hydrogen) atoms. The SMILES string of the molecule is CC#C[C@@H](Cc1nn[nH]n1)c1ccc(OCc2ccc3scc(-c4ccc(OCC5(O)CCS(=O)(=O)CC5)cc4C)c3c2)cc1. The third kappa shape index (κ3) is 7.36. The zero-order chi connectivity index (χ0) is 31.4. The Kier molecular flexibility index (Phi) is 8.90. The largest absolute Gasteiger partial charge is 0.491 e. The van der Waals surface area contributed by atoms with Crippen molar-refractivity contribution in [3.63, 3.8) is 0 Å². The number of benzene rings is 3. The summed E-state index contributed by atoms with van der Waals surface area (Å²) in [5, 5.41) is 28.4. The van der Waals surface area contributed by atoms with Crippen LogP contribution in [0.1, 0.15) is 48.2 Å². The van der Waals surface area contributed by atoms with Crippen LogP contribution in [-0.2, 0) is 22.9 Å². The molecule has 11 heteroatoms. The van der Waals surface area contributed by atoms with Gasteiger partial charge in [0, 0.05) is 22.1 Å². The molecule has 5 aromatic rings. The van der Waals surface area contributed by atoms with Crippen LogP contribution in [0.25, 0.3) is 21.2 Å². The van der Waals surface area contributed by atoms with Crippen molar-refractivity contribution in [2.45, 2.75) is 51.2 Å². The lowest BCUT2D eigenvalue weighted by atomic mass is 9.96. The minimum absolute atomic E-state index is 0.00593. The molecule has 0 amide bonds. The van der Waals surface area contributed by atoms with Crippen LogP contribution >= 0.6 is 11.3 Å². The topological polar surface area (TPSA) is 127 Å². The Morgan fingerprint density at radius 1 is 1.02 bits per heavy atom. The van der Waals surface area contributed by atoms with Gasteiger partial charge in [-0.15, -0.1) is 27.5 Å². The molecule has 232 valence electrons. The molecule has 3 heterocycles. The van der Waals surface area contributed by atoms with Gasteiger partial charge in [0.2, 0.25) is 0 Å². The van der Waals surface area contributed by atoms with E-state index in [-0.39, 0.29) is 36.9 Å². The summed E-state index contributed by atoms with van der Waals surface area (Å²) in [6.45, 7) is 4.37. The molecule has 0 aliphatic carbocycles. The number of sulfone groups is 1. The van der Waals surface area contributed by atoms with E-state index in [1.54, 1.807) is 11.3 Å². The van der Waals surface area contributed by atoms with Crippen LogP contribution in [0.3, 0.4) is 0 Å². The fourth-order valence-corrected chi connectivity index (χ4v) is 8.05. The lowest BCUT2D eigenvalue weighted by Crippen LogP contribution is -2.43. The van der Waals surface area contributed by atoms with E-state index in [4.69, 9.17) is 9.47 Å². The summed E-state index contributed by atoms with van der Waals surface area (Å²) in [5.74, 6) is 8.24. The van der Waals surface area contributed by atoms with Crippen LogP contribution in [0.15, 0.2) is 66.0 Å². The number of rotatable bonds is 10. The summed E-state index contributed by atoms with van der Waals surface area (Å²) in [6.07, 6.45) is 0.969. The number of hydrogen-bond acceptors (Lipinski definition) is 9. The van der Waals surface area contributed by atoms with Crippen molar-refractivity contribution in [3.05, 3.63) is 88.6 Å². The van der Waals surface area contributed by atoms with Crippen LogP contribution in [0.2, 0.25) is 0 Å². The Morgan fingerprint density at radius 3 is 2.51 bits per heavy atom. The number of hydrogen-bond donors (Lipinski definition) is 2. The standard InChI is InChI=1S/C34H34N4O5S2/c1-3-4-26(19-33-35-37-38-36-33)25-6-8-27(9-7-25)42-20-24-5-12-32-30(18-24)31(21-44-32)29-11-10-28(17-23(29)2)43-22-34(39)13-15-45(40,41)16-14-34/h5-12,17-18,21,26,39H,13-16,19-20,22H2,1-2H3,(H,35,36,37,38)/t26-/m0/s1. The Hall–Kier alpha value is -4.24. The second-order valence-electron chi connectivity index (χ2n) is 11.5. The molecule has 1 saturated heterocycles. The molecule has 1 aliphatic rings. The highest BCUT2D eigenvalue weighted by molar-refractivity contribution is 7.91. The quantitative estimate of drug-likeness (QED) is 0.188. The van der Waals surface area contributed by atoms with E-state index in [2.05, 4.69) is 56.0 Å². The van der Waals surface area contributed by atoms with Crippen molar-refractivity contribution in [1.29, 1.82) is 0 Å². The molecule has 0 saturated carbocycles. The molecule has 1 atom stereocenters. The van der Waals surface area contributed by atoms with E-state index < -0.39 is 15.4 Å². The molecule has 2 N–H and O–H groups in total. The highest BCUT2D eigenvalue weighted by atomic mass is 32.2. The summed E-state index contributed by atoms with van der Waals surface area (Å²) in [6, 6.07) is 20.3. The number of aromatic amines is 1. The summed E-state index contributed by atoms with van der Waals surface area (Å²) < 4.78 is 36.8. The first-order valence-corrected chi connectivity index (χ1v) is 17.4. The number of aryl methyl sites for hydroxylation is 1. The van der Waals surface area contributed by atoms with E-state index in [0.29, 0.717) is 24.6 Å². The summed E-state index contributed by atoms with van der Waals surface area (Å²) in [4.78, 5) is 0. The number of thiophene rings is 1. The van der Waals surface area contributed by atoms with Crippen molar-refractivity contribution in [3.8, 4) is 34.5 Å². The number of aliphatic hydroxyl groups is 1. The predicted octanol–water partition coefficient (Wildman–Crippen LogP) is 5.64. The van der Waals surface area contributed by atoms with Crippen LogP contribution in [-0.4, -0.2) is 57.9 Å². The van der Waals surface area contributed by atoms with Crippen molar-refractivity contribution < 1.29 is 23.0 Å². The van der Waals surface area contributed by atoms with Gasteiger partial charge in [0.1, 0.15) is 30.3 Å². The maximum atomic E-state index is 11.7. The third-order valence-corrected chi connectivity index (χ3v) is 10.8. The van der Waals surface area contributed by atoms with Crippen molar-refractivity contribution >= 4 is 31.3 Å². The Morgan fingerprint density at radius 2 is 1.80 bits per heavy atom. The zero-order valence-electron chi connectivity index (χ0n) is 25.1. The maximum absolute atomic E-state index is 11.7.